The highest BCUT2D eigenvalue weighted by molar-refractivity contribution is 8.26. The third-order valence-electron chi connectivity index (χ3n) is 5.03. The Labute approximate surface area is 192 Å². The Bertz CT molecular complexity index is 1370. The molecule has 6 nitrogen and oxygen atoms in total. The highest BCUT2D eigenvalue weighted by atomic mass is 35.5. The largest absolute Gasteiger partial charge is 0.342 e. The summed E-state index contributed by atoms with van der Waals surface area (Å²) in [7, 11) is 0. The van der Waals surface area contributed by atoms with Crippen molar-refractivity contribution in [2.75, 3.05) is 0 Å². The van der Waals surface area contributed by atoms with Crippen LogP contribution in [0.1, 0.15) is 18.1 Å². The van der Waals surface area contributed by atoms with Crippen molar-refractivity contribution in [1.29, 1.82) is 5.41 Å². The molecule has 0 saturated heterocycles. The van der Waals surface area contributed by atoms with E-state index in [2.05, 4.69) is 14.7 Å². The number of rotatable bonds is 3. The van der Waals surface area contributed by atoms with Gasteiger partial charge in [-0.2, -0.15) is 15.1 Å². The van der Waals surface area contributed by atoms with E-state index in [9.17, 15) is 4.79 Å². The number of hydrogen-bond acceptors (Lipinski definition) is 4. The van der Waals surface area contributed by atoms with E-state index in [1.165, 1.54) is 16.8 Å². The van der Waals surface area contributed by atoms with Gasteiger partial charge in [0.2, 0.25) is 5.17 Å². The first kappa shape index (κ1) is 20.1. The van der Waals surface area contributed by atoms with Crippen molar-refractivity contribution in [3.63, 3.8) is 0 Å². The van der Waals surface area contributed by atoms with E-state index in [0.29, 0.717) is 21.8 Å². The number of nitrogens with one attached hydrogen (secondary N) is 1. The van der Waals surface area contributed by atoms with Crippen molar-refractivity contribution in [1.82, 2.24) is 9.58 Å². The molecule has 0 spiro atoms. The van der Waals surface area contributed by atoms with Crippen LogP contribution in [0.3, 0.4) is 0 Å². The number of aliphatic imine (C=N–C) groups is 1. The number of nitrogens with zero attached hydrogens (tertiary/aromatic N) is 4. The van der Waals surface area contributed by atoms with Gasteiger partial charge in [0.05, 0.1) is 10.6 Å². The number of aromatic nitrogens is 1. The first-order valence-corrected chi connectivity index (χ1v) is 11.0. The minimum Gasteiger partial charge on any atom is -0.342 e. The van der Waals surface area contributed by atoms with Crippen molar-refractivity contribution in [3.05, 3.63) is 75.4 Å². The number of amides is 1. The molecule has 5 rings (SSSR count). The standard InChI is InChI=1S/C22H15Cl2N5OS/c1-12-27-29-20(25)17(21(30)26-22(29)31-12)8-14-11-28(19-5-3-2-4-16(14)19)10-13-6-7-15(23)9-18(13)24/h2-9,11,25H,10H2,1H3. The SMILES string of the molecule is CC1=NN2C(=N)C(=Cc3cn(Cc4ccc(Cl)cc4Cl)c4ccccc34)C(=O)N=C2S1. The molecule has 154 valence electrons. The summed E-state index contributed by atoms with van der Waals surface area (Å²) in [5.74, 6) is -0.414. The van der Waals surface area contributed by atoms with Gasteiger partial charge in [-0.05, 0) is 48.5 Å². The second kappa shape index (κ2) is 7.67. The third kappa shape index (κ3) is 3.59. The van der Waals surface area contributed by atoms with Crippen LogP contribution in [0.15, 0.2) is 64.3 Å². The molecule has 31 heavy (non-hydrogen) atoms. The molecule has 2 aliphatic heterocycles. The molecule has 2 aromatic carbocycles. The second-order valence-corrected chi connectivity index (χ2v) is 9.11. The number of carbonyl (C=O) groups is 1. The lowest BCUT2D eigenvalue weighted by atomic mass is 10.1. The van der Waals surface area contributed by atoms with Gasteiger partial charge in [0.15, 0.2) is 5.84 Å². The Hall–Kier alpha value is -2.87. The van der Waals surface area contributed by atoms with E-state index < -0.39 is 5.91 Å². The maximum atomic E-state index is 12.6. The Kier molecular flexibility index (Phi) is 4.97. The first-order valence-electron chi connectivity index (χ1n) is 9.39. The predicted octanol–water partition coefficient (Wildman–Crippen LogP) is 5.64. The van der Waals surface area contributed by atoms with Gasteiger partial charge in [-0.1, -0.05) is 47.5 Å². The van der Waals surface area contributed by atoms with Gasteiger partial charge in [0.1, 0.15) is 0 Å². The molecule has 3 heterocycles. The molecule has 1 N–H and O–H groups in total. The summed E-state index contributed by atoms with van der Waals surface area (Å²) in [5, 5.41) is 17.5. The maximum Gasteiger partial charge on any atom is 0.283 e. The summed E-state index contributed by atoms with van der Waals surface area (Å²) in [5.41, 5.74) is 2.95. The van der Waals surface area contributed by atoms with Crippen molar-refractivity contribution in [2.45, 2.75) is 13.5 Å². The molecule has 0 bridgehead atoms. The fourth-order valence-corrected chi connectivity index (χ4v) is 4.80. The summed E-state index contributed by atoms with van der Waals surface area (Å²) in [6.45, 7) is 2.36. The highest BCUT2D eigenvalue weighted by Gasteiger charge is 2.34. The minimum atomic E-state index is -0.439. The smallest absolute Gasteiger partial charge is 0.283 e. The summed E-state index contributed by atoms with van der Waals surface area (Å²) >= 11 is 13.7. The summed E-state index contributed by atoms with van der Waals surface area (Å²) in [4.78, 5) is 16.7. The normalized spacial score (nSPS) is 17.4. The third-order valence-corrected chi connectivity index (χ3v) is 6.44. The minimum absolute atomic E-state index is 0.0249. The number of halogens is 2. The van der Waals surface area contributed by atoms with Gasteiger partial charge in [0.25, 0.3) is 5.91 Å². The molecule has 9 heteroatoms. The molecule has 0 unspecified atom stereocenters. The number of hydrazone groups is 1. The van der Waals surface area contributed by atoms with Crippen LogP contribution in [-0.4, -0.2) is 31.5 Å². The van der Waals surface area contributed by atoms with Crippen molar-refractivity contribution < 1.29 is 4.79 Å². The quantitative estimate of drug-likeness (QED) is 0.506. The van der Waals surface area contributed by atoms with Crippen molar-refractivity contribution >= 4 is 73.9 Å². The van der Waals surface area contributed by atoms with Gasteiger partial charge in [-0.25, -0.2) is 0 Å². The lowest BCUT2D eigenvalue weighted by Crippen LogP contribution is -2.35. The molecule has 3 aromatic rings. The van der Waals surface area contributed by atoms with Crippen LogP contribution in [0.25, 0.3) is 17.0 Å². The lowest BCUT2D eigenvalue weighted by Gasteiger charge is -2.20. The van der Waals surface area contributed by atoms with Crippen LogP contribution in [0.4, 0.5) is 0 Å². The van der Waals surface area contributed by atoms with Gasteiger partial charge in [0, 0.05) is 39.3 Å². The highest BCUT2D eigenvalue weighted by Crippen LogP contribution is 2.31. The van der Waals surface area contributed by atoms with Gasteiger partial charge >= 0.3 is 0 Å². The maximum absolute atomic E-state index is 12.6. The summed E-state index contributed by atoms with van der Waals surface area (Å²) < 4.78 is 2.07. The van der Waals surface area contributed by atoms with E-state index in [1.54, 1.807) is 12.1 Å². The molecule has 1 amide bonds. The van der Waals surface area contributed by atoms with Crippen LogP contribution in [0, 0.1) is 5.41 Å². The zero-order valence-corrected chi connectivity index (χ0v) is 18.6. The van der Waals surface area contributed by atoms with Gasteiger partial charge in [-0.15, -0.1) is 0 Å². The Balaban J connectivity index is 1.58. The zero-order chi connectivity index (χ0) is 21.7. The van der Waals surface area contributed by atoms with Crippen LogP contribution < -0.4 is 0 Å². The number of para-hydroxylation sites is 1. The van der Waals surface area contributed by atoms with E-state index in [1.807, 2.05) is 49.5 Å². The average molecular weight is 468 g/mol. The van der Waals surface area contributed by atoms with Gasteiger partial charge < -0.3 is 4.57 Å². The van der Waals surface area contributed by atoms with E-state index in [4.69, 9.17) is 28.6 Å². The zero-order valence-electron chi connectivity index (χ0n) is 16.3. The monoisotopic (exact) mass is 467 g/mol. The predicted molar refractivity (Wildman–Crippen MR) is 128 cm³/mol. The second-order valence-electron chi connectivity index (χ2n) is 7.10. The van der Waals surface area contributed by atoms with E-state index in [-0.39, 0.29) is 11.4 Å². The summed E-state index contributed by atoms with van der Waals surface area (Å²) in [6.07, 6.45) is 3.66. The van der Waals surface area contributed by atoms with Crippen LogP contribution in [0.2, 0.25) is 10.0 Å². The van der Waals surface area contributed by atoms with E-state index in [0.717, 1.165) is 27.1 Å². The van der Waals surface area contributed by atoms with E-state index >= 15 is 0 Å². The van der Waals surface area contributed by atoms with Gasteiger partial charge in [-0.3, -0.25) is 10.2 Å². The summed E-state index contributed by atoms with van der Waals surface area (Å²) in [6, 6.07) is 13.3. The number of fused-ring (bicyclic) bond motifs is 2. The Morgan fingerprint density at radius 3 is 2.81 bits per heavy atom. The molecular formula is C22H15Cl2N5OS. The van der Waals surface area contributed by atoms with Crippen molar-refractivity contribution in [3.8, 4) is 0 Å². The average Bonchev–Trinajstić information content (AvgIpc) is 3.27. The number of benzene rings is 2. The Morgan fingerprint density at radius 1 is 1.19 bits per heavy atom. The number of thioether (sulfide) groups is 1. The Morgan fingerprint density at radius 2 is 2.00 bits per heavy atom. The fraction of sp³-hybridized carbons (Fsp3) is 0.0909. The molecule has 2 aliphatic rings. The fourth-order valence-electron chi connectivity index (χ4n) is 3.60. The van der Waals surface area contributed by atoms with Crippen LogP contribution in [0.5, 0.6) is 0 Å². The molecule has 1 aromatic heterocycles. The molecule has 0 fully saturated rings. The van der Waals surface area contributed by atoms with Crippen molar-refractivity contribution in [2.24, 2.45) is 10.1 Å². The first-order chi connectivity index (χ1) is 14.9. The number of carbonyl (C=O) groups excluding carboxylic acids is 1. The number of amidine groups is 2. The molecule has 0 aliphatic carbocycles. The molecule has 0 saturated carbocycles. The lowest BCUT2D eigenvalue weighted by molar-refractivity contribution is -0.114. The molecule has 0 radical (unpaired) electrons. The van der Waals surface area contributed by atoms with Crippen LogP contribution in [-0.2, 0) is 11.3 Å². The molecule has 0 atom stereocenters. The topological polar surface area (TPSA) is 73.8 Å². The molecular weight excluding hydrogens is 453 g/mol. The van der Waals surface area contributed by atoms with Crippen LogP contribution >= 0.6 is 35.0 Å². The number of hydrogen-bond donors (Lipinski definition) is 1.